The van der Waals surface area contributed by atoms with Gasteiger partial charge in [0.25, 0.3) is 0 Å². The molecule has 0 saturated carbocycles. The number of carboxylic acid groups (broad SMARTS) is 1. The first kappa shape index (κ1) is 14.7. The molecule has 1 saturated heterocycles. The molecule has 1 aliphatic rings. The zero-order chi connectivity index (χ0) is 14.9. The van der Waals surface area contributed by atoms with Crippen molar-refractivity contribution in [1.82, 2.24) is 4.31 Å². The monoisotopic (exact) mass is 303 g/mol. The van der Waals surface area contributed by atoms with Crippen LogP contribution in [0.3, 0.4) is 0 Å². The van der Waals surface area contributed by atoms with Crippen molar-refractivity contribution in [1.29, 1.82) is 0 Å². The van der Waals surface area contributed by atoms with Crippen LogP contribution in [-0.4, -0.2) is 44.0 Å². The van der Waals surface area contributed by atoms with Crippen LogP contribution in [-0.2, 0) is 14.8 Å². The lowest BCUT2D eigenvalue weighted by Crippen LogP contribution is -2.30. The molecule has 1 aromatic rings. The average Bonchev–Trinajstić information content (AvgIpc) is 2.89. The second-order valence-corrected chi connectivity index (χ2v) is 6.42. The highest BCUT2D eigenvalue weighted by molar-refractivity contribution is 7.89. The van der Waals surface area contributed by atoms with E-state index in [1.165, 1.54) is 19.2 Å². The van der Waals surface area contributed by atoms with E-state index < -0.39 is 27.7 Å². The number of ether oxygens (including phenoxy) is 1. The van der Waals surface area contributed by atoms with Gasteiger partial charge in [0, 0.05) is 13.1 Å². The number of aliphatic carboxylic acids is 1. The van der Waals surface area contributed by atoms with Gasteiger partial charge in [-0.05, 0) is 24.6 Å². The summed E-state index contributed by atoms with van der Waals surface area (Å²) in [4.78, 5) is 10.6. The van der Waals surface area contributed by atoms with Gasteiger partial charge in [0.1, 0.15) is 0 Å². The molecule has 0 spiro atoms. The second kappa shape index (κ2) is 5.37. The number of carboxylic acids is 1. The van der Waals surface area contributed by atoms with Crippen molar-refractivity contribution in [2.75, 3.05) is 20.2 Å². The lowest BCUT2D eigenvalue weighted by molar-refractivity contribution is -0.141. The molecule has 110 valence electrons. The van der Waals surface area contributed by atoms with E-state index in [0.717, 1.165) is 10.4 Å². The van der Waals surface area contributed by atoms with E-state index in [0.29, 0.717) is 0 Å². The van der Waals surface area contributed by atoms with E-state index >= 15 is 0 Å². The second-order valence-electron chi connectivity index (χ2n) is 4.48. The molecule has 2 rings (SSSR count). The number of hydrogen-bond acceptors (Lipinski definition) is 4. The van der Waals surface area contributed by atoms with Crippen molar-refractivity contribution in [2.45, 2.75) is 11.3 Å². The quantitative estimate of drug-likeness (QED) is 0.894. The predicted molar refractivity (Wildman–Crippen MR) is 67.5 cm³/mol. The minimum Gasteiger partial charge on any atom is -0.494 e. The summed E-state index contributed by atoms with van der Waals surface area (Å²) in [5.41, 5.74) is 0. The molecule has 20 heavy (non-hydrogen) atoms. The Morgan fingerprint density at radius 2 is 2.20 bits per heavy atom. The summed E-state index contributed by atoms with van der Waals surface area (Å²) in [5.74, 6) is -2.56. The van der Waals surface area contributed by atoms with E-state index in [4.69, 9.17) is 9.84 Å². The smallest absolute Gasteiger partial charge is 0.307 e. The largest absolute Gasteiger partial charge is 0.494 e. The van der Waals surface area contributed by atoms with Gasteiger partial charge in [-0.3, -0.25) is 4.79 Å². The Hall–Kier alpha value is -1.67. The minimum absolute atomic E-state index is 0.0474. The van der Waals surface area contributed by atoms with Crippen LogP contribution >= 0.6 is 0 Å². The van der Waals surface area contributed by atoms with Gasteiger partial charge in [0.15, 0.2) is 11.6 Å². The number of rotatable bonds is 4. The fraction of sp³-hybridized carbons (Fsp3) is 0.417. The van der Waals surface area contributed by atoms with Gasteiger partial charge in [-0.2, -0.15) is 4.31 Å². The first-order valence-corrected chi connectivity index (χ1v) is 7.36. The van der Waals surface area contributed by atoms with Gasteiger partial charge in [-0.1, -0.05) is 0 Å². The zero-order valence-corrected chi connectivity index (χ0v) is 11.6. The Morgan fingerprint density at radius 1 is 1.50 bits per heavy atom. The van der Waals surface area contributed by atoms with Crippen LogP contribution in [0.5, 0.6) is 5.75 Å². The van der Waals surface area contributed by atoms with E-state index in [-0.39, 0.29) is 30.2 Å². The molecule has 1 aliphatic heterocycles. The molecule has 0 aliphatic carbocycles. The number of sulfonamides is 1. The summed E-state index contributed by atoms with van der Waals surface area (Å²) in [5, 5.41) is 8.88. The third kappa shape index (κ3) is 2.61. The van der Waals surface area contributed by atoms with Crippen LogP contribution < -0.4 is 4.74 Å². The Morgan fingerprint density at radius 3 is 2.70 bits per heavy atom. The van der Waals surface area contributed by atoms with Crippen LogP contribution in [0.4, 0.5) is 4.39 Å². The van der Waals surface area contributed by atoms with E-state index in [2.05, 4.69) is 0 Å². The molecule has 0 radical (unpaired) electrons. The van der Waals surface area contributed by atoms with Crippen molar-refractivity contribution < 1.29 is 27.4 Å². The molecular formula is C12H14FNO5S. The molecule has 0 amide bonds. The Kier molecular flexibility index (Phi) is 3.96. The highest BCUT2D eigenvalue weighted by Gasteiger charge is 2.36. The van der Waals surface area contributed by atoms with Crippen LogP contribution in [0, 0.1) is 11.7 Å². The number of halogens is 1. The molecule has 0 unspecified atom stereocenters. The maximum absolute atomic E-state index is 13.6. The van der Waals surface area contributed by atoms with Crippen LogP contribution in [0.25, 0.3) is 0 Å². The number of nitrogens with zero attached hydrogens (tertiary/aromatic N) is 1. The Labute approximate surface area is 115 Å². The molecule has 0 aromatic heterocycles. The van der Waals surface area contributed by atoms with Crippen LogP contribution in [0.1, 0.15) is 6.42 Å². The number of carbonyl (C=O) groups is 1. The normalized spacial score (nSPS) is 20.0. The van der Waals surface area contributed by atoms with Gasteiger partial charge in [-0.25, -0.2) is 12.8 Å². The lowest BCUT2D eigenvalue weighted by atomic mass is 10.1. The fourth-order valence-electron chi connectivity index (χ4n) is 2.10. The average molecular weight is 303 g/mol. The summed E-state index contributed by atoms with van der Waals surface area (Å²) in [6.07, 6.45) is 0.257. The molecule has 1 atom stereocenters. The Balaban J connectivity index is 2.27. The summed E-state index contributed by atoms with van der Waals surface area (Å²) < 4.78 is 43.9. The topological polar surface area (TPSA) is 83.9 Å². The maximum Gasteiger partial charge on any atom is 0.307 e. The third-order valence-corrected chi connectivity index (χ3v) is 5.12. The molecule has 1 fully saturated rings. The minimum atomic E-state index is -3.88. The van der Waals surface area contributed by atoms with Gasteiger partial charge in [0.2, 0.25) is 10.0 Å². The number of benzene rings is 1. The molecule has 0 bridgehead atoms. The van der Waals surface area contributed by atoms with Crippen molar-refractivity contribution in [3.05, 3.63) is 24.0 Å². The summed E-state index contributed by atoms with van der Waals surface area (Å²) in [7, 11) is -2.60. The lowest BCUT2D eigenvalue weighted by Gasteiger charge is -2.16. The van der Waals surface area contributed by atoms with E-state index in [1.54, 1.807) is 0 Å². The van der Waals surface area contributed by atoms with Gasteiger partial charge >= 0.3 is 5.97 Å². The van der Waals surface area contributed by atoms with Crippen molar-refractivity contribution in [3.63, 3.8) is 0 Å². The van der Waals surface area contributed by atoms with Crippen molar-refractivity contribution >= 4 is 16.0 Å². The molecule has 8 heteroatoms. The maximum atomic E-state index is 13.6. The molecule has 1 aromatic carbocycles. The van der Waals surface area contributed by atoms with E-state index in [9.17, 15) is 17.6 Å². The Bertz CT molecular complexity index is 631. The van der Waals surface area contributed by atoms with Crippen molar-refractivity contribution in [2.24, 2.45) is 5.92 Å². The number of hydrogen-bond donors (Lipinski definition) is 1. The SMILES string of the molecule is COc1ccc(S(=O)(=O)N2CC[C@H](C(=O)O)C2)cc1F. The highest BCUT2D eigenvalue weighted by Crippen LogP contribution is 2.27. The van der Waals surface area contributed by atoms with Crippen LogP contribution in [0.15, 0.2) is 23.1 Å². The van der Waals surface area contributed by atoms with Gasteiger partial charge in [0.05, 0.1) is 17.9 Å². The highest BCUT2D eigenvalue weighted by atomic mass is 32.2. The molecule has 1 N–H and O–H groups in total. The van der Waals surface area contributed by atoms with Crippen molar-refractivity contribution in [3.8, 4) is 5.75 Å². The third-order valence-electron chi connectivity index (χ3n) is 3.26. The first-order chi connectivity index (χ1) is 9.36. The molecule has 1 heterocycles. The summed E-state index contributed by atoms with van der Waals surface area (Å²) in [6, 6.07) is 3.35. The fourth-order valence-corrected chi connectivity index (χ4v) is 3.62. The zero-order valence-electron chi connectivity index (χ0n) is 10.7. The predicted octanol–water partition coefficient (Wildman–Crippen LogP) is 0.929. The molecule has 6 nitrogen and oxygen atoms in total. The number of methoxy groups -OCH3 is 1. The van der Waals surface area contributed by atoms with Gasteiger partial charge < -0.3 is 9.84 Å². The summed E-state index contributed by atoms with van der Waals surface area (Å²) >= 11 is 0. The molecular weight excluding hydrogens is 289 g/mol. The standard InChI is InChI=1S/C12H14FNO5S/c1-19-11-3-2-9(6-10(11)13)20(17,18)14-5-4-8(7-14)12(15)16/h2-3,6,8H,4-5,7H2,1H3,(H,15,16)/t8-/m0/s1. The van der Waals surface area contributed by atoms with E-state index in [1.807, 2.05) is 0 Å². The van der Waals surface area contributed by atoms with Crippen LogP contribution in [0.2, 0.25) is 0 Å². The summed E-state index contributed by atoms with van der Waals surface area (Å²) in [6.45, 7) is 0.0261. The first-order valence-electron chi connectivity index (χ1n) is 5.92. The van der Waals surface area contributed by atoms with Gasteiger partial charge in [-0.15, -0.1) is 0 Å².